The van der Waals surface area contributed by atoms with E-state index in [9.17, 15) is 5.11 Å². The summed E-state index contributed by atoms with van der Waals surface area (Å²) < 4.78 is 17.6. The van der Waals surface area contributed by atoms with Crippen molar-refractivity contribution in [2.24, 2.45) is 0 Å². The molecule has 0 saturated carbocycles. The van der Waals surface area contributed by atoms with Crippen molar-refractivity contribution < 1.29 is 19.0 Å². The van der Waals surface area contributed by atoms with E-state index in [1.54, 1.807) is 0 Å². The van der Waals surface area contributed by atoms with Crippen molar-refractivity contribution in [3.63, 3.8) is 0 Å². The first-order valence-corrected chi connectivity index (χ1v) is 10.00. The summed E-state index contributed by atoms with van der Waals surface area (Å²) in [6, 6.07) is 0. The maximum Gasteiger partial charge on any atom is 0.191 e. The molecule has 5 heteroatoms. The zero-order chi connectivity index (χ0) is 14.9. The molecule has 19 heavy (non-hydrogen) atoms. The van der Waals surface area contributed by atoms with Crippen LogP contribution in [0.3, 0.4) is 0 Å². The molecular weight excluding hydrogens is 260 g/mol. The molecule has 1 fully saturated rings. The third-order valence-corrected chi connectivity index (χ3v) is 8.67. The lowest BCUT2D eigenvalue weighted by molar-refractivity contribution is -0.149. The summed E-state index contributed by atoms with van der Waals surface area (Å²) in [5, 5.41) is 9.54. The average molecular weight is 290 g/mol. The minimum Gasteiger partial charge on any atom is -0.417 e. The third-order valence-electron chi connectivity index (χ3n) is 4.14. The highest BCUT2D eigenvalue weighted by Crippen LogP contribution is 2.37. The van der Waals surface area contributed by atoms with Gasteiger partial charge in [-0.3, -0.25) is 0 Å². The van der Waals surface area contributed by atoms with Crippen LogP contribution in [-0.2, 0) is 13.9 Å². The molecule has 1 aliphatic heterocycles. The Balaban J connectivity index is 2.45. The number of rotatable bonds is 5. The molecule has 0 amide bonds. The van der Waals surface area contributed by atoms with Gasteiger partial charge in [-0.2, -0.15) is 0 Å². The van der Waals surface area contributed by atoms with Crippen molar-refractivity contribution in [1.29, 1.82) is 0 Å². The van der Waals surface area contributed by atoms with Crippen molar-refractivity contribution in [3.05, 3.63) is 0 Å². The van der Waals surface area contributed by atoms with E-state index >= 15 is 0 Å². The monoisotopic (exact) mass is 290 g/mol. The van der Waals surface area contributed by atoms with Gasteiger partial charge >= 0.3 is 0 Å². The van der Waals surface area contributed by atoms with Crippen molar-refractivity contribution >= 4 is 8.32 Å². The molecule has 2 atom stereocenters. The Morgan fingerprint density at radius 2 is 1.68 bits per heavy atom. The fourth-order valence-corrected chi connectivity index (χ4v) is 3.02. The van der Waals surface area contributed by atoms with Gasteiger partial charge < -0.3 is 19.0 Å². The molecule has 0 radical (unpaired) electrons. The van der Waals surface area contributed by atoms with Crippen LogP contribution >= 0.6 is 0 Å². The normalized spacial score (nSPS) is 27.8. The fraction of sp³-hybridized carbons (Fsp3) is 1.00. The van der Waals surface area contributed by atoms with Crippen molar-refractivity contribution in [3.8, 4) is 0 Å². The first-order valence-electron chi connectivity index (χ1n) is 7.09. The van der Waals surface area contributed by atoms with E-state index < -0.39 is 14.1 Å². The predicted octanol–water partition coefficient (Wildman–Crippen LogP) is 2.91. The standard InChI is InChI=1S/C14H30O4Si/c1-13(2,3)19(6,7)16-9-8-11-12(10-15)18-14(4,5)17-11/h11-12,15H,8-10H2,1-7H3/t11-,12-/m0/s1. The first kappa shape index (κ1) is 17.1. The largest absolute Gasteiger partial charge is 0.417 e. The summed E-state index contributed by atoms with van der Waals surface area (Å²) in [6.45, 7) is 15.6. The maximum atomic E-state index is 9.32. The second kappa shape index (κ2) is 5.82. The molecule has 0 unspecified atom stereocenters. The second-order valence-corrected chi connectivity index (χ2v) is 12.1. The van der Waals surface area contributed by atoms with Crippen LogP contribution in [0.4, 0.5) is 0 Å². The topological polar surface area (TPSA) is 47.9 Å². The molecule has 4 nitrogen and oxygen atoms in total. The van der Waals surface area contributed by atoms with Gasteiger partial charge in [-0.15, -0.1) is 0 Å². The second-order valence-electron chi connectivity index (χ2n) is 7.29. The maximum absolute atomic E-state index is 9.32. The van der Waals surface area contributed by atoms with E-state index in [0.717, 1.165) is 6.42 Å². The number of hydrogen-bond donors (Lipinski definition) is 1. The number of hydrogen-bond acceptors (Lipinski definition) is 4. The van der Waals surface area contributed by atoms with Gasteiger partial charge in [0.25, 0.3) is 0 Å². The van der Waals surface area contributed by atoms with E-state index in [1.807, 2.05) is 13.8 Å². The highest BCUT2D eigenvalue weighted by atomic mass is 28.4. The van der Waals surface area contributed by atoms with Crippen LogP contribution < -0.4 is 0 Å². The van der Waals surface area contributed by atoms with E-state index in [4.69, 9.17) is 13.9 Å². The van der Waals surface area contributed by atoms with E-state index in [-0.39, 0.29) is 23.9 Å². The average Bonchev–Trinajstić information content (AvgIpc) is 2.51. The lowest BCUT2D eigenvalue weighted by Gasteiger charge is -2.36. The van der Waals surface area contributed by atoms with Gasteiger partial charge in [-0.25, -0.2) is 0 Å². The molecule has 0 bridgehead atoms. The smallest absolute Gasteiger partial charge is 0.191 e. The summed E-state index contributed by atoms with van der Waals surface area (Å²) in [6.07, 6.45) is 0.448. The summed E-state index contributed by atoms with van der Waals surface area (Å²) in [4.78, 5) is 0. The molecule has 0 aliphatic carbocycles. The first-order chi connectivity index (χ1) is 8.48. The Kier molecular flexibility index (Phi) is 5.24. The molecule has 0 aromatic carbocycles. The van der Waals surface area contributed by atoms with E-state index in [1.165, 1.54) is 0 Å². The minimum atomic E-state index is -1.70. The van der Waals surface area contributed by atoms with Crippen molar-refractivity contribution in [2.45, 2.75) is 77.2 Å². The molecule has 1 aliphatic rings. The number of aliphatic hydroxyl groups excluding tert-OH is 1. The zero-order valence-electron chi connectivity index (χ0n) is 13.4. The molecule has 1 saturated heterocycles. The summed E-state index contributed by atoms with van der Waals surface area (Å²) in [7, 11) is -1.70. The lowest BCUT2D eigenvalue weighted by atomic mass is 10.1. The molecule has 0 spiro atoms. The summed E-state index contributed by atoms with van der Waals surface area (Å²) in [5.41, 5.74) is 0. The Hall–Kier alpha value is 0.0569. The Morgan fingerprint density at radius 1 is 1.16 bits per heavy atom. The predicted molar refractivity (Wildman–Crippen MR) is 78.7 cm³/mol. The van der Waals surface area contributed by atoms with E-state index in [2.05, 4.69) is 33.9 Å². The van der Waals surface area contributed by atoms with Gasteiger partial charge in [0, 0.05) is 6.61 Å². The van der Waals surface area contributed by atoms with Crippen LogP contribution in [0.25, 0.3) is 0 Å². The Bertz CT molecular complexity index is 296. The molecule has 1 rings (SSSR count). The summed E-state index contributed by atoms with van der Waals surface area (Å²) >= 11 is 0. The lowest BCUT2D eigenvalue weighted by Crippen LogP contribution is -2.41. The molecule has 0 aromatic heterocycles. The molecule has 1 heterocycles. The molecule has 1 N–H and O–H groups in total. The summed E-state index contributed by atoms with van der Waals surface area (Å²) in [5.74, 6) is -0.602. The van der Waals surface area contributed by atoms with Crippen LogP contribution in [0.5, 0.6) is 0 Å². The highest BCUT2D eigenvalue weighted by molar-refractivity contribution is 6.74. The van der Waals surface area contributed by atoms with Gasteiger partial charge in [0.2, 0.25) is 0 Å². The van der Waals surface area contributed by atoms with Crippen LogP contribution in [0.15, 0.2) is 0 Å². The van der Waals surface area contributed by atoms with Gasteiger partial charge in [0.15, 0.2) is 14.1 Å². The Labute approximate surface area is 118 Å². The van der Waals surface area contributed by atoms with Crippen LogP contribution in [0.1, 0.15) is 41.0 Å². The van der Waals surface area contributed by atoms with Crippen LogP contribution in [-0.4, -0.2) is 44.6 Å². The minimum absolute atomic E-state index is 0.00576. The molecule has 0 aromatic rings. The fourth-order valence-electron chi connectivity index (χ4n) is 1.96. The van der Waals surface area contributed by atoms with Gasteiger partial charge in [-0.05, 0) is 38.4 Å². The van der Waals surface area contributed by atoms with Crippen LogP contribution in [0, 0.1) is 0 Å². The SMILES string of the molecule is CC1(C)O[C@@H](CO)[C@H](CCO[Si](C)(C)C(C)(C)C)O1. The number of aliphatic hydroxyl groups is 1. The highest BCUT2D eigenvalue weighted by Gasteiger charge is 2.41. The molecule has 114 valence electrons. The van der Waals surface area contributed by atoms with Crippen molar-refractivity contribution in [2.75, 3.05) is 13.2 Å². The quantitative estimate of drug-likeness (QED) is 0.791. The van der Waals surface area contributed by atoms with Gasteiger partial charge in [0.1, 0.15) is 6.10 Å². The number of ether oxygens (including phenoxy) is 2. The van der Waals surface area contributed by atoms with Gasteiger partial charge in [0.05, 0.1) is 12.7 Å². The van der Waals surface area contributed by atoms with Crippen LogP contribution in [0.2, 0.25) is 18.1 Å². The Morgan fingerprint density at radius 3 is 2.16 bits per heavy atom. The van der Waals surface area contributed by atoms with Gasteiger partial charge in [-0.1, -0.05) is 20.8 Å². The third kappa shape index (κ3) is 4.53. The van der Waals surface area contributed by atoms with Crippen molar-refractivity contribution in [1.82, 2.24) is 0 Å². The van der Waals surface area contributed by atoms with E-state index in [0.29, 0.717) is 6.61 Å². The molecular formula is C14H30O4Si. The zero-order valence-corrected chi connectivity index (χ0v) is 14.4.